The van der Waals surface area contributed by atoms with Gasteiger partial charge in [0.05, 0.1) is 11.9 Å². The standard InChI is InChI=1S/C17H25N5O/c1-11(17-12(2)19-20-13(17)3)7-16(23)22-6-5-14(10-22)15-8-18-21(4)9-15/h8-9,11,14H,5-7,10H2,1-4H3,(H,19,20). The Balaban J connectivity index is 1.61. The Labute approximate surface area is 136 Å². The summed E-state index contributed by atoms with van der Waals surface area (Å²) in [6.45, 7) is 7.77. The second-order valence-corrected chi connectivity index (χ2v) is 6.73. The highest BCUT2D eigenvalue weighted by molar-refractivity contribution is 5.77. The van der Waals surface area contributed by atoms with Crippen LogP contribution in [0, 0.1) is 13.8 Å². The van der Waals surface area contributed by atoms with E-state index in [1.807, 2.05) is 36.7 Å². The van der Waals surface area contributed by atoms with Gasteiger partial charge in [0.1, 0.15) is 0 Å². The van der Waals surface area contributed by atoms with Crippen molar-refractivity contribution in [3.05, 3.63) is 34.9 Å². The highest BCUT2D eigenvalue weighted by Crippen LogP contribution is 2.30. The van der Waals surface area contributed by atoms with Crippen molar-refractivity contribution < 1.29 is 4.79 Å². The summed E-state index contributed by atoms with van der Waals surface area (Å²) in [5.41, 5.74) is 4.48. The molecule has 2 atom stereocenters. The second-order valence-electron chi connectivity index (χ2n) is 6.73. The molecule has 6 nitrogen and oxygen atoms in total. The van der Waals surface area contributed by atoms with Crippen molar-refractivity contribution in [3.8, 4) is 0 Å². The lowest BCUT2D eigenvalue weighted by atomic mass is 9.95. The molecule has 124 valence electrons. The molecule has 0 spiro atoms. The van der Waals surface area contributed by atoms with Crippen LogP contribution >= 0.6 is 0 Å². The molecule has 0 aromatic carbocycles. The van der Waals surface area contributed by atoms with E-state index >= 15 is 0 Å². The lowest BCUT2D eigenvalue weighted by Gasteiger charge is -2.19. The van der Waals surface area contributed by atoms with Crippen LogP contribution in [0.4, 0.5) is 0 Å². The molecule has 0 bridgehead atoms. The summed E-state index contributed by atoms with van der Waals surface area (Å²) in [6, 6.07) is 0. The fourth-order valence-electron chi connectivity index (χ4n) is 3.69. The van der Waals surface area contributed by atoms with Crippen molar-refractivity contribution in [2.75, 3.05) is 13.1 Å². The van der Waals surface area contributed by atoms with Gasteiger partial charge in [0.25, 0.3) is 0 Å². The molecule has 1 aliphatic rings. The van der Waals surface area contributed by atoms with Crippen LogP contribution in [0.3, 0.4) is 0 Å². The van der Waals surface area contributed by atoms with E-state index in [1.165, 1.54) is 11.1 Å². The van der Waals surface area contributed by atoms with E-state index in [2.05, 4.69) is 28.4 Å². The minimum Gasteiger partial charge on any atom is -0.342 e. The Hall–Kier alpha value is -2.11. The number of H-pyrrole nitrogens is 1. The first-order chi connectivity index (χ1) is 11.0. The zero-order chi connectivity index (χ0) is 16.6. The van der Waals surface area contributed by atoms with Crippen molar-refractivity contribution in [3.63, 3.8) is 0 Å². The molecule has 3 rings (SSSR count). The first kappa shape index (κ1) is 15.8. The Morgan fingerprint density at radius 1 is 1.48 bits per heavy atom. The quantitative estimate of drug-likeness (QED) is 0.941. The summed E-state index contributed by atoms with van der Waals surface area (Å²) < 4.78 is 1.83. The van der Waals surface area contributed by atoms with Gasteiger partial charge in [-0.1, -0.05) is 6.92 Å². The minimum absolute atomic E-state index is 0.193. The van der Waals surface area contributed by atoms with Crippen molar-refractivity contribution >= 4 is 5.91 Å². The topological polar surface area (TPSA) is 66.8 Å². The average molecular weight is 315 g/mol. The fraction of sp³-hybridized carbons (Fsp3) is 0.588. The van der Waals surface area contributed by atoms with Gasteiger partial charge in [0.15, 0.2) is 0 Å². The third-order valence-corrected chi connectivity index (χ3v) is 4.90. The third-order valence-electron chi connectivity index (χ3n) is 4.90. The number of carbonyl (C=O) groups is 1. The Bertz CT molecular complexity index is 682. The van der Waals surface area contributed by atoms with Crippen LogP contribution in [0.2, 0.25) is 0 Å². The van der Waals surface area contributed by atoms with E-state index in [9.17, 15) is 4.79 Å². The van der Waals surface area contributed by atoms with E-state index in [1.54, 1.807) is 0 Å². The maximum Gasteiger partial charge on any atom is 0.223 e. The molecule has 23 heavy (non-hydrogen) atoms. The molecule has 1 aliphatic heterocycles. The summed E-state index contributed by atoms with van der Waals surface area (Å²) in [4.78, 5) is 14.6. The first-order valence-corrected chi connectivity index (χ1v) is 8.23. The molecule has 1 fully saturated rings. The molecular weight excluding hydrogens is 290 g/mol. The van der Waals surface area contributed by atoms with E-state index < -0.39 is 0 Å². The van der Waals surface area contributed by atoms with Crippen LogP contribution in [0.5, 0.6) is 0 Å². The van der Waals surface area contributed by atoms with Gasteiger partial charge in [0, 0.05) is 44.4 Å². The van der Waals surface area contributed by atoms with Gasteiger partial charge in [-0.3, -0.25) is 14.6 Å². The van der Waals surface area contributed by atoms with Gasteiger partial charge in [0.2, 0.25) is 5.91 Å². The molecule has 2 aromatic heterocycles. The number of rotatable bonds is 4. The average Bonchev–Trinajstić information content (AvgIpc) is 3.19. The normalized spacial score (nSPS) is 19.3. The molecule has 0 saturated carbocycles. The van der Waals surface area contributed by atoms with Gasteiger partial charge in [-0.05, 0) is 37.3 Å². The van der Waals surface area contributed by atoms with Crippen LogP contribution in [0.15, 0.2) is 12.4 Å². The van der Waals surface area contributed by atoms with Crippen LogP contribution < -0.4 is 0 Å². The third kappa shape index (κ3) is 3.16. The highest BCUT2D eigenvalue weighted by Gasteiger charge is 2.29. The van der Waals surface area contributed by atoms with Crippen molar-refractivity contribution in [2.24, 2.45) is 7.05 Å². The number of aryl methyl sites for hydroxylation is 3. The molecule has 2 aromatic rings. The smallest absolute Gasteiger partial charge is 0.223 e. The monoisotopic (exact) mass is 315 g/mol. The number of hydrogen-bond acceptors (Lipinski definition) is 3. The highest BCUT2D eigenvalue weighted by atomic mass is 16.2. The number of aromatic nitrogens is 4. The Morgan fingerprint density at radius 3 is 2.87 bits per heavy atom. The molecule has 0 radical (unpaired) electrons. The zero-order valence-electron chi connectivity index (χ0n) is 14.3. The van der Waals surface area contributed by atoms with Crippen LogP contribution in [0.25, 0.3) is 0 Å². The summed E-state index contributed by atoms with van der Waals surface area (Å²) in [5.74, 6) is 0.850. The molecule has 1 amide bonds. The summed E-state index contributed by atoms with van der Waals surface area (Å²) in [6.07, 6.45) is 5.54. The molecule has 2 unspecified atom stereocenters. The molecule has 3 heterocycles. The van der Waals surface area contributed by atoms with Crippen LogP contribution in [0.1, 0.15) is 54.1 Å². The molecule has 0 aliphatic carbocycles. The fourth-order valence-corrected chi connectivity index (χ4v) is 3.69. The van der Waals surface area contributed by atoms with Gasteiger partial charge < -0.3 is 4.90 Å². The predicted molar refractivity (Wildman–Crippen MR) is 88.2 cm³/mol. The van der Waals surface area contributed by atoms with Crippen LogP contribution in [-0.2, 0) is 11.8 Å². The molecule has 6 heteroatoms. The minimum atomic E-state index is 0.193. The Morgan fingerprint density at radius 2 is 2.26 bits per heavy atom. The van der Waals surface area contributed by atoms with E-state index in [4.69, 9.17) is 0 Å². The maximum absolute atomic E-state index is 12.6. The molecule has 1 saturated heterocycles. The summed E-state index contributed by atoms with van der Waals surface area (Å²) >= 11 is 0. The zero-order valence-corrected chi connectivity index (χ0v) is 14.3. The number of amides is 1. The predicted octanol–water partition coefficient (Wildman–Crippen LogP) is 2.27. The molecular formula is C17H25N5O. The largest absolute Gasteiger partial charge is 0.342 e. The number of likely N-dealkylation sites (tertiary alicyclic amines) is 1. The van der Waals surface area contributed by atoms with Gasteiger partial charge >= 0.3 is 0 Å². The van der Waals surface area contributed by atoms with Crippen LogP contribution in [-0.4, -0.2) is 43.9 Å². The van der Waals surface area contributed by atoms with E-state index in [-0.39, 0.29) is 11.8 Å². The Kier molecular flexibility index (Phi) is 4.24. The maximum atomic E-state index is 12.6. The number of nitrogens with zero attached hydrogens (tertiary/aromatic N) is 4. The lowest BCUT2D eigenvalue weighted by Crippen LogP contribution is -2.29. The molecule has 1 N–H and O–H groups in total. The SMILES string of the molecule is Cc1n[nH]c(C)c1C(C)CC(=O)N1CCC(c2cnn(C)c2)C1. The second kappa shape index (κ2) is 6.18. The number of hydrogen-bond donors (Lipinski definition) is 1. The number of carbonyl (C=O) groups excluding carboxylic acids is 1. The van der Waals surface area contributed by atoms with Crippen molar-refractivity contribution in [2.45, 2.75) is 45.4 Å². The van der Waals surface area contributed by atoms with Crippen molar-refractivity contribution in [1.82, 2.24) is 24.9 Å². The summed E-state index contributed by atoms with van der Waals surface area (Å²) in [7, 11) is 1.93. The van der Waals surface area contributed by atoms with E-state index in [0.29, 0.717) is 12.3 Å². The van der Waals surface area contributed by atoms with Gasteiger partial charge in [-0.25, -0.2) is 0 Å². The van der Waals surface area contributed by atoms with E-state index in [0.717, 1.165) is 30.9 Å². The summed E-state index contributed by atoms with van der Waals surface area (Å²) in [5, 5.41) is 11.5. The lowest BCUT2D eigenvalue weighted by molar-refractivity contribution is -0.130. The van der Waals surface area contributed by atoms with Crippen molar-refractivity contribution in [1.29, 1.82) is 0 Å². The first-order valence-electron chi connectivity index (χ1n) is 8.23. The number of aromatic amines is 1. The number of nitrogens with one attached hydrogen (secondary N) is 1. The van der Waals surface area contributed by atoms with Gasteiger partial charge in [-0.2, -0.15) is 10.2 Å². The van der Waals surface area contributed by atoms with Gasteiger partial charge in [-0.15, -0.1) is 0 Å².